The standard InChI is InChI=1S/C18H19N3O6S/c1-21(19-10-11-5-6-14(22)15(7-11)26-3)18-13-8-12(25-2)9-16(27-4)17(13)28(23,24)20-18/h5-10,22H,1-4H3/b19-10+. The molecule has 0 unspecified atom stereocenters. The molecule has 0 spiro atoms. The molecule has 1 aliphatic heterocycles. The predicted molar refractivity (Wildman–Crippen MR) is 103 cm³/mol. The molecular weight excluding hydrogens is 386 g/mol. The molecule has 1 heterocycles. The maximum Gasteiger partial charge on any atom is 0.288 e. The fourth-order valence-corrected chi connectivity index (χ4v) is 4.06. The quantitative estimate of drug-likeness (QED) is 0.597. The van der Waals surface area contributed by atoms with Gasteiger partial charge < -0.3 is 19.3 Å². The zero-order valence-corrected chi connectivity index (χ0v) is 16.5. The maximum atomic E-state index is 12.5. The largest absolute Gasteiger partial charge is 0.504 e. The Morgan fingerprint density at radius 2 is 1.79 bits per heavy atom. The van der Waals surface area contributed by atoms with Gasteiger partial charge >= 0.3 is 0 Å². The molecule has 0 amide bonds. The van der Waals surface area contributed by atoms with E-state index in [2.05, 4.69) is 9.50 Å². The smallest absolute Gasteiger partial charge is 0.288 e. The van der Waals surface area contributed by atoms with Gasteiger partial charge in [0.05, 0.1) is 27.5 Å². The summed E-state index contributed by atoms with van der Waals surface area (Å²) in [5.41, 5.74) is 0.977. The summed E-state index contributed by atoms with van der Waals surface area (Å²) in [7, 11) is 1.94. The number of fused-ring (bicyclic) bond motifs is 1. The SMILES string of the molecule is COc1cc(OC)c2c(c1)C(N(C)/N=C/c1ccc(O)c(OC)c1)=NS2(=O)=O. The van der Waals surface area contributed by atoms with Gasteiger partial charge in [-0.1, -0.05) is 0 Å². The van der Waals surface area contributed by atoms with Crippen LogP contribution >= 0.6 is 0 Å². The van der Waals surface area contributed by atoms with Crippen molar-refractivity contribution >= 4 is 22.1 Å². The molecule has 0 saturated carbocycles. The summed E-state index contributed by atoms with van der Waals surface area (Å²) in [5.74, 6) is 1.02. The highest BCUT2D eigenvalue weighted by molar-refractivity contribution is 7.90. The lowest BCUT2D eigenvalue weighted by molar-refractivity contribution is 0.373. The van der Waals surface area contributed by atoms with Gasteiger partial charge in [0, 0.05) is 18.7 Å². The van der Waals surface area contributed by atoms with Gasteiger partial charge in [0.1, 0.15) is 16.4 Å². The average Bonchev–Trinajstić information content (AvgIpc) is 2.97. The molecule has 0 aliphatic carbocycles. The molecule has 2 aromatic carbocycles. The Labute approximate surface area is 162 Å². The number of aromatic hydroxyl groups is 1. The van der Waals surface area contributed by atoms with E-state index in [0.29, 0.717) is 22.6 Å². The number of amidine groups is 1. The molecule has 0 bridgehead atoms. The van der Waals surface area contributed by atoms with Gasteiger partial charge in [-0.25, -0.2) is 5.01 Å². The van der Waals surface area contributed by atoms with Crippen molar-refractivity contribution in [3.05, 3.63) is 41.5 Å². The van der Waals surface area contributed by atoms with Crippen molar-refractivity contribution in [3.8, 4) is 23.0 Å². The molecule has 3 rings (SSSR count). The highest BCUT2D eigenvalue weighted by atomic mass is 32.2. The predicted octanol–water partition coefficient (Wildman–Crippen LogP) is 1.83. The molecular formula is C18H19N3O6S. The van der Waals surface area contributed by atoms with Gasteiger partial charge in [-0.2, -0.15) is 13.5 Å². The second-order valence-electron chi connectivity index (χ2n) is 5.80. The first kappa shape index (κ1) is 19.5. The Kier molecular flexibility index (Phi) is 5.14. The molecule has 1 N–H and O–H groups in total. The Morgan fingerprint density at radius 1 is 1.07 bits per heavy atom. The van der Waals surface area contributed by atoms with E-state index in [1.165, 1.54) is 44.7 Å². The summed E-state index contributed by atoms with van der Waals surface area (Å²) in [6.07, 6.45) is 1.49. The van der Waals surface area contributed by atoms with E-state index in [0.717, 1.165) is 0 Å². The average molecular weight is 405 g/mol. The van der Waals surface area contributed by atoms with E-state index in [1.54, 1.807) is 25.2 Å². The van der Waals surface area contributed by atoms with Crippen LogP contribution in [0.1, 0.15) is 11.1 Å². The summed E-state index contributed by atoms with van der Waals surface area (Å²) in [4.78, 5) is -0.0286. The first-order valence-corrected chi connectivity index (χ1v) is 9.50. The van der Waals surface area contributed by atoms with Crippen molar-refractivity contribution in [1.29, 1.82) is 0 Å². The third kappa shape index (κ3) is 3.46. The highest BCUT2D eigenvalue weighted by Gasteiger charge is 2.35. The second kappa shape index (κ2) is 7.39. The Balaban J connectivity index is 1.99. The minimum absolute atomic E-state index is 0.00684. The molecule has 9 nitrogen and oxygen atoms in total. The number of sulfonamides is 1. The van der Waals surface area contributed by atoms with E-state index in [1.807, 2.05) is 0 Å². The van der Waals surface area contributed by atoms with Crippen molar-refractivity contribution in [1.82, 2.24) is 5.01 Å². The van der Waals surface area contributed by atoms with Crippen LogP contribution < -0.4 is 14.2 Å². The first-order chi connectivity index (χ1) is 13.3. The van der Waals surface area contributed by atoms with Gasteiger partial charge in [0.15, 0.2) is 17.3 Å². The highest BCUT2D eigenvalue weighted by Crippen LogP contribution is 2.38. The van der Waals surface area contributed by atoms with Gasteiger partial charge in [0.25, 0.3) is 10.0 Å². The van der Waals surface area contributed by atoms with Crippen LogP contribution in [0.15, 0.2) is 44.7 Å². The third-order valence-corrected chi connectivity index (χ3v) is 5.43. The molecule has 1 aliphatic rings. The number of nitrogens with zero attached hydrogens (tertiary/aromatic N) is 3. The molecule has 28 heavy (non-hydrogen) atoms. The monoisotopic (exact) mass is 405 g/mol. The number of ether oxygens (including phenoxy) is 3. The van der Waals surface area contributed by atoms with Crippen molar-refractivity contribution in [2.45, 2.75) is 4.90 Å². The van der Waals surface area contributed by atoms with Crippen molar-refractivity contribution in [2.24, 2.45) is 9.50 Å². The summed E-state index contributed by atoms with van der Waals surface area (Å²) in [6.45, 7) is 0. The van der Waals surface area contributed by atoms with E-state index < -0.39 is 10.0 Å². The van der Waals surface area contributed by atoms with Crippen LogP contribution in [0.3, 0.4) is 0 Å². The van der Waals surface area contributed by atoms with E-state index in [-0.39, 0.29) is 22.2 Å². The molecule has 148 valence electrons. The van der Waals surface area contributed by atoms with Gasteiger partial charge in [-0.05, 0) is 29.8 Å². The zero-order valence-electron chi connectivity index (χ0n) is 15.7. The van der Waals surface area contributed by atoms with E-state index in [4.69, 9.17) is 14.2 Å². The van der Waals surface area contributed by atoms with Crippen LogP contribution in [-0.4, -0.2) is 59.0 Å². The van der Waals surface area contributed by atoms with Crippen LogP contribution in [0, 0.1) is 0 Å². The van der Waals surface area contributed by atoms with Gasteiger partial charge in [-0.3, -0.25) is 0 Å². The number of hydrogen-bond acceptors (Lipinski definition) is 8. The van der Waals surface area contributed by atoms with Gasteiger partial charge in [-0.15, -0.1) is 4.40 Å². The summed E-state index contributed by atoms with van der Waals surface area (Å²) in [6, 6.07) is 7.77. The molecule has 2 aromatic rings. The fraction of sp³-hybridized carbons (Fsp3) is 0.222. The lowest BCUT2D eigenvalue weighted by Crippen LogP contribution is -2.21. The number of hydrogen-bond donors (Lipinski definition) is 1. The Hall–Kier alpha value is -3.27. The molecule has 0 saturated heterocycles. The maximum absolute atomic E-state index is 12.5. The summed E-state index contributed by atoms with van der Waals surface area (Å²) >= 11 is 0. The minimum Gasteiger partial charge on any atom is -0.504 e. The van der Waals surface area contributed by atoms with E-state index in [9.17, 15) is 13.5 Å². The number of phenols is 1. The van der Waals surface area contributed by atoms with Crippen molar-refractivity contribution in [2.75, 3.05) is 28.4 Å². The summed E-state index contributed by atoms with van der Waals surface area (Å²) in [5, 5.41) is 15.2. The number of rotatable bonds is 5. The Morgan fingerprint density at radius 3 is 2.43 bits per heavy atom. The van der Waals surface area contributed by atoms with E-state index >= 15 is 0 Å². The fourth-order valence-electron chi connectivity index (χ4n) is 2.70. The second-order valence-corrected chi connectivity index (χ2v) is 7.34. The molecule has 0 aromatic heterocycles. The third-order valence-electron chi connectivity index (χ3n) is 4.08. The lowest BCUT2D eigenvalue weighted by Gasteiger charge is -2.14. The molecule has 10 heteroatoms. The normalized spacial score (nSPS) is 14.5. The van der Waals surface area contributed by atoms with Crippen molar-refractivity contribution in [3.63, 3.8) is 0 Å². The molecule has 0 fully saturated rings. The number of phenolic OH excluding ortho intramolecular Hbond substituents is 1. The topological polar surface area (TPSA) is 110 Å². The van der Waals surface area contributed by atoms with Crippen LogP contribution in [-0.2, 0) is 10.0 Å². The van der Waals surface area contributed by atoms with Crippen LogP contribution in [0.5, 0.6) is 23.0 Å². The summed E-state index contributed by atoms with van der Waals surface area (Å²) < 4.78 is 44.3. The van der Waals surface area contributed by atoms with Crippen LogP contribution in [0.25, 0.3) is 0 Å². The minimum atomic E-state index is -3.93. The number of hydrazone groups is 1. The Bertz CT molecular complexity index is 1080. The number of benzene rings is 2. The zero-order chi connectivity index (χ0) is 20.5. The van der Waals surface area contributed by atoms with Gasteiger partial charge in [0.2, 0.25) is 0 Å². The molecule has 0 atom stereocenters. The van der Waals surface area contributed by atoms with Crippen LogP contribution in [0.2, 0.25) is 0 Å². The first-order valence-electron chi connectivity index (χ1n) is 8.06. The number of methoxy groups -OCH3 is 3. The van der Waals surface area contributed by atoms with Crippen molar-refractivity contribution < 1.29 is 27.7 Å². The van der Waals surface area contributed by atoms with Crippen LogP contribution in [0.4, 0.5) is 0 Å². The molecule has 0 radical (unpaired) electrons. The lowest BCUT2D eigenvalue weighted by atomic mass is 10.1.